The van der Waals surface area contributed by atoms with E-state index >= 15 is 0 Å². The van der Waals surface area contributed by atoms with Crippen LogP contribution in [0.15, 0.2) is 79.8 Å². The third-order valence-corrected chi connectivity index (χ3v) is 9.18. The zero-order valence-corrected chi connectivity index (χ0v) is 23.1. The van der Waals surface area contributed by atoms with Crippen LogP contribution >= 0.6 is 0 Å². The van der Waals surface area contributed by atoms with Crippen LogP contribution < -0.4 is 11.1 Å². The molecule has 210 valence electrons. The van der Waals surface area contributed by atoms with Crippen LogP contribution in [0.2, 0.25) is 0 Å². The maximum absolute atomic E-state index is 12.1. The molecule has 10 heteroatoms. The van der Waals surface area contributed by atoms with Crippen molar-refractivity contribution in [3.8, 4) is 22.9 Å². The minimum absolute atomic E-state index is 0.0487. The molecule has 4 atom stereocenters. The van der Waals surface area contributed by atoms with Crippen LogP contribution in [0.25, 0.3) is 34.1 Å². The second-order valence-corrected chi connectivity index (χ2v) is 11.5. The van der Waals surface area contributed by atoms with Crippen LogP contribution in [0, 0.1) is 11.8 Å². The molecule has 42 heavy (non-hydrogen) atoms. The zero-order valence-electron chi connectivity index (χ0n) is 23.1. The molecule has 5 aromatic rings. The van der Waals surface area contributed by atoms with Crippen LogP contribution in [-0.2, 0) is 11.2 Å². The van der Waals surface area contributed by atoms with E-state index in [-0.39, 0.29) is 5.91 Å². The van der Waals surface area contributed by atoms with E-state index in [1.54, 1.807) is 17.1 Å². The Morgan fingerprint density at radius 2 is 1.95 bits per heavy atom. The van der Waals surface area contributed by atoms with Gasteiger partial charge in [-0.15, -0.1) is 0 Å². The third-order valence-electron chi connectivity index (χ3n) is 9.18. The number of imidazole rings is 1. The summed E-state index contributed by atoms with van der Waals surface area (Å²) in [5.41, 5.74) is 12.3. The Hall–Kier alpha value is -4.83. The molecule has 4 aromatic heterocycles. The number of nitrogens with zero attached hydrogens (tertiary/aromatic N) is 7. The highest BCUT2D eigenvalue weighted by Crippen LogP contribution is 2.43. The Labute approximate surface area is 242 Å². The van der Waals surface area contributed by atoms with E-state index < -0.39 is 0 Å². The van der Waals surface area contributed by atoms with Gasteiger partial charge in [-0.1, -0.05) is 12.6 Å². The van der Waals surface area contributed by atoms with Crippen molar-refractivity contribution in [3.63, 3.8) is 0 Å². The van der Waals surface area contributed by atoms with Crippen molar-refractivity contribution in [1.29, 1.82) is 0 Å². The highest BCUT2D eigenvalue weighted by Gasteiger charge is 2.48. The maximum Gasteiger partial charge on any atom is 0.245 e. The standard InChI is InChI=1S/C32H31N9O/c1-2-28(42)39-17-20-15-21(18-39)29(20)36-25-9-6-19-16-22(7-8-23(19)25)41-31(24-5-3-12-34-30(24)33)37-26-10-11-27(38-32(26)41)40-14-4-13-35-40/h2-5,7-8,10-14,16,20-21,25,29,36H,1,6,9,15,17-18H2,(H2,33,34)/t20-,21+,25?,29?. The Bertz CT molecular complexity index is 1830. The van der Waals surface area contributed by atoms with E-state index in [4.69, 9.17) is 15.7 Å². The quantitative estimate of drug-likeness (QED) is 0.304. The van der Waals surface area contributed by atoms with Gasteiger partial charge in [-0.05, 0) is 90.8 Å². The lowest BCUT2D eigenvalue weighted by molar-refractivity contribution is -0.134. The summed E-state index contributed by atoms with van der Waals surface area (Å²) in [7, 11) is 0. The summed E-state index contributed by atoms with van der Waals surface area (Å²) in [5.74, 6) is 2.91. The lowest BCUT2D eigenvalue weighted by atomic mass is 9.66. The molecule has 2 aliphatic heterocycles. The van der Waals surface area contributed by atoms with Gasteiger partial charge >= 0.3 is 0 Å². The first kappa shape index (κ1) is 24.9. The van der Waals surface area contributed by atoms with E-state index in [0.29, 0.717) is 41.4 Å². The molecule has 10 nitrogen and oxygen atoms in total. The molecule has 3 fully saturated rings. The maximum atomic E-state index is 12.1. The fourth-order valence-electron chi connectivity index (χ4n) is 7.13. The molecule has 2 unspecified atom stereocenters. The number of hydrogen-bond acceptors (Lipinski definition) is 7. The lowest BCUT2D eigenvalue weighted by Crippen LogP contribution is -2.64. The Morgan fingerprint density at radius 3 is 2.74 bits per heavy atom. The molecule has 2 aliphatic carbocycles. The van der Waals surface area contributed by atoms with Gasteiger partial charge in [0.1, 0.15) is 11.3 Å². The molecule has 2 saturated heterocycles. The number of anilines is 1. The molecular weight excluding hydrogens is 526 g/mol. The van der Waals surface area contributed by atoms with Crippen molar-refractivity contribution in [1.82, 2.24) is 39.5 Å². The number of benzene rings is 1. The highest BCUT2D eigenvalue weighted by molar-refractivity contribution is 5.87. The second kappa shape index (κ2) is 9.63. The van der Waals surface area contributed by atoms with Crippen molar-refractivity contribution >= 4 is 22.9 Å². The minimum atomic E-state index is 0.0487. The van der Waals surface area contributed by atoms with Gasteiger partial charge in [-0.25, -0.2) is 19.6 Å². The average Bonchev–Trinajstić information content (AvgIpc) is 3.78. The number of rotatable bonds is 6. The fraction of sp³-hybridized carbons (Fsp3) is 0.281. The van der Waals surface area contributed by atoms with Crippen LogP contribution in [0.5, 0.6) is 0 Å². The van der Waals surface area contributed by atoms with Crippen LogP contribution in [0.3, 0.4) is 0 Å². The predicted octanol–water partition coefficient (Wildman–Crippen LogP) is 3.86. The zero-order chi connectivity index (χ0) is 28.4. The molecular formula is C32H31N9O. The van der Waals surface area contributed by atoms with Crippen molar-refractivity contribution in [2.24, 2.45) is 11.8 Å². The fourth-order valence-corrected chi connectivity index (χ4v) is 7.13. The number of pyridine rings is 2. The summed E-state index contributed by atoms with van der Waals surface area (Å²) in [5, 5.41) is 8.34. The van der Waals surface area contributed by atoms with Gasteiger partial charge in [0.05, 0.1) is 5.56 Å². The van der Waals surface area contributed by atoms with Crippen molar-refractivity contribution in [2.75, 3.05) is 18.8 Å². The molecule has 9 rings (SSSR count). The third kappa shape index (κ3) is 3.93. The molecule has 1 saturated carbocycles. The first-order chi connectivity index (χ1) is 20.6. The smallest absolute Gasteiger partial charge is 0.245 e. The molecule has 3 N–H and O–H groups in total. The number of nitrogen functional groups attached to an aromatic ring is 1. The Morgan fingerprint density at radius 1 is 1.07 bits per heavy atom. The summed E-state index contributed by atoms with van der Waals surface area (Å²) in [6, 6.07) is 17.0. The first-order valence-corrected chi connectivity index (χ1v) is 14.5. The van der Waals surface area contributed by atoms with Gasteiger partial charge in [0.15, 0.2) is 17.3 Å². The normalized spacial score (nSPS) is 22.6. The molecule has 2 bridgehead atoms. The molecule has 6 heterocycles. The van der Waals surface area contributed by atoms with Crippen LogP contribution in [0.4, 0.5) is 5.82 Å². The monoisotopic (exact) mass is 557 g/mol. The summed E-state index contributed by atoms with van der Waals surface area (Å²) in [6.07, 6.45) is 9.98. The molecule has 4 aliphatic rings. The van der Waals surface area contributed by atoms with Crippen molar-refractivity contribution in [2.45, 2.75) is 31.3 Å². The highest BCUT2D eigenvalue weighted by atomic mass is 16.2. The van der Waals surface area contributed by atoms with Crippen LogP contribution in [-0.4, -0.2) is 59.2 Å². The Balaban J connectivity index is 1.15. The largest absolute Gasteiger partial charge is 0.383 e. The first-order valence-electron chi connectivity index (χ1n) is 14.5. The lowest BCUT2D eigenvalue weighted by Gasteiger charge is -2.54. The van der Waals surface area contributed by atoms with Crippen LogP contribution in [0.1, 0.15) is 30.0 Å². The van der Waals surface area contributed by atoms with Gasteiger partial charge in [0, 0.05) is 49.5 Å². The number of carbonyl (C=O) groups excluding carboxylic acids is 1. The molecule has 1 amide bonds. The summed E-state index contributed by atoms with van der Waals surface area (Å²) < 4.78 is 3.83. The number of piperidine rings is 2. The molecule has 0 spiro atoms. The van der Waals surface area contributed by atoms with Crippen molar-refractivity contribution in [3.05, 3.63) is 90.9 Å². The summed E-state index contributed by atoms with van der Waals surface area (Å²) in [6.45, 7) is 5.30. The van der Waals surface area contributed by atoms with Gasteiger partial charge < -0.3 is 16.0 Å². The topological polar surface area (TPSA) is 120 Å². The summed E-state index contributed by atoms with van der Waals surface area (Å²) >= 11 is 0. The van der Waals surface area contributed by atoms with Gasteiger partial charge in [0.2, 0.25) is 5.91 Å². The number of carbonyl (C=O) groups is 1. The molecule has 0 radical (unpaired) electrons. The number of nitrogens with two attached hydrogens (primary N) is 1. The Kier molecular flexibility index (Phi) is 5.71. The number of fused-ring (bicyclic) bond motifs is 4. The number of hydrogen-bond donors (Lipinski definition) is 2. The van der Waals surface area contributed by atoms with E-state index in [1.165, 1.54) is 23.6 Å². The van der Waals surface area contributed by atoms with E-state index in [1.807, 2.05) is 41.4 Å². The van der Waals surface area contributed by atoms with E-state index in [0.717, 1.165) is 48.3 Å². The van der Waals surface area contributed by atoms with Gasteiger partial charge in [-0.3, -0.25) is 9.36 Å². The minimum Gasteiger partial charge on any atom is -0.383 e. The second-order valence-electron chi connectivity index (χ2n) is 11.5. The van der Waals surface area contributed by atoms with E-state index in [2.05, 4.69) is 44.7 Å². The predicted molar refractivity (Wildman–Crippen MR) is 160 cm³/mol. The number of nitrogens with one attached hydrogen (secondary N) is 1. The van der Waals surface area contributed by atoms with Gasteiger partial charge in [0.25, 0.3) is 0 Å². The number of amides is 1. The molecule has 1 aromatic carbocycles. The number of aryl methyl sites for hydroxylation is 1. The van der Waals surface area contributed by atoms with Crippen molar-refractivity contribution < 1.29 is 4.79 Å². The van der Waals surface area contributed by atoms with Gasteiger partial charge in [-0.2, -0.15) is 5.10 Å². The SMILES string of the molecule is C=CC(=O)N1C[C@H]2C[C@@H](C1)C2NC1CCc2cc(-n3c(-c4cccnc4N)nc4ccc(-n5cccn5)nc43)ccc21. The van der Waals surface area contributed by atoms with E-state index in [9.17, 15) is 4.79 Å². The number of aromatic nitrogens is 6. The summed E-state index contributed by atoms with van der Waals surface area (Å²) in [4.78, 5) is 28.4. The average molecular weight is 558 g/mol.